The van der Waals surface area contributed by atoms with E-state index in [-0.39, 0.29) is 5.97 Å². The van der Waals surface area contributed by atoms with Crippen LogP contribution in [0.4, 0.5) is 0 Å². The molecule has 1 aromatic carbocycles. The number of ether oxygens (including phenoxy) is 1. The number of alkyl halides is 1. The van der Waals surface area contributed by atoms with Crippen molar-refractivity contribution >= 4 is 17.6 Å². The van der Waals surface area contributed by atoms with Gasteiger partial charge in [0.2, 0.25) is 0 Å². The molecule has 0 spiro atoms. The summed E-state index contributed by atoms with van der Waals surface area (Å²) in [7, 11) is 0. The van der Waals surface area contributed by atoms with E-state index in [0.29, 0.717) is 12.2 Å². The molecule has 1 aromatic rings. The monoisotopic (exact) mass is 238 g/mol. The number of aryl methyl sites for hydroxylation is 1. The van der Waals surface area contributed by atoms with Gasteiger partial charge in [-0.15, -0.1) is 11.6 Å². The number of esters is 1. The number of hydrogen-bond donors (Lipinski definition) is 0. The molecule has 3 heteroatoms. The molecule has 16 heavy (non-hydrogen) atoms. The highest BCUT2D eigenvalue weighted by atomic mass is 35.5. The maximum atomic E-state index is 11.8. The van der Waals surface area contributed by atoms with Crippen LogP contribution in [0.25, 0.3) is 0 Å². The zero-order valence-electron chi connectivity index (χ0n) is 9.55. The van der Waals surface area contributed by atoms with Crippen molar-refractivity contribution < 1.29 is 9.53 Å². The summed E-state index contributed by atoms with van der Waals surface area (Å²) in [5, 5.41) is 0. The van der Waals surface area contributed by atoms with Crippen LogP contribution < -0.4 is 4.74 Å². The van der Waals surface area contributed by atoms with E-state index >= 15 is 0 Å². The summed E-state index contributed by atoms with van der Waals surface area (Å²) in [5.41, 5.74) is 1.92. The van der Waals surface area contributed by atoms with Crippen molar-refractivity contribution in [3.05, 3.63) is 29.3 Å². The number of fused-ring (bicyclic) bond motifs is 1. The fourth-order valence-electron chi connectivity index (χ4n) is 1.99. The van der Waals surface area contributed by atoms with Crippen molar-refractivity contribution in [2.24, 2.45) is 0 Å². The van der Waals surface area contributed by atoms with Crippen LogP contribution >= 0.6 is 11.6 Å². The number of unbranched alkanes of at least 4 members (excludes halogenated alkanes) is 1. The van der Waals surface area contributed by atoms with Crippen LogP contribution in [0, 0.1) is 6.92 Å². The maximum absolute atomic E-state index is 11.8. The normalized spacial score (nSPS) is 23.1. The Labute approximate surface area is 101 Å². The van der Waals surface area contributed by atoms with E-state index in [1.807, 2.05) is 25.1 Å². The van der Waals surface area contributed by atoms with E-state index in [2.05, 4.69) is 6.92 Å². The standard InChI is InChI=1S/C13H15ClO2/c1-3-4-7-13(14)10-8-9(2)5-6-11(10)16-12(13)15/h5-6,8H,3-4,7H2,1-2H3. The Morgan fingerprint density at radius 2 is 2.19 bits per heavy atom. The molecule has 1 aliphatic rings. The summed E-state index contributed by atoms with van der Waals surface area (Å²) in [6.07, 6.45) is 2.58. The highest BCUT2D eigenvalue weighted by Gasteiger charge is 2.47. The molecule has 0 N–H and O–H groups in total. The van der Waals surface area contributed by atoms with Crippen molar-refractivity contribution in [3.8, 4) is 5.75 Å². The van der Waals surface area contributed by atoms with Crippen molar-refractivity contribution in [2.75, 3.05) is 0 Å². The maximum Gasteiger partial charge on any atom is 0.337 e. The van der Waals surface area contributed by atoms with Crippen molar-refractivity contribution in [1.82, 2.24) is 0 Å². The van der Waals surface area contributed by atoms with Crippen LogP contribution in [-0.4, -0.2) is 5.97 Å². The smallest absolute Gasteiger partial charge is 0.337 e. The van der Waals surface area contributed by atoms with Crippen LogP contribution in [0.2, 0.25) is 0 Å². The molecular formula is C13H15ClO2. The largest absolute Gasteiger partial charge is 0.425 e. The van der Waals surface area contributed by atoms with E-state index in [1.54, 1.807) is 0 Å². The summed E-state index contributed by atoms with van der Waals surface area (Å²) < 4.78 is 5.20. The second-order valence-corrected chi connectivity index (χ2v) is 4.94. The first-order chi connectivity index (χ1) is 7.58. The van der Waals surface area contributed by atoms with E-state index in [4.69, 9.17) is 16.3 Å². The first-order valence-electron chi connectivity index (χ1n) is 5.60. The molecule has 1 unspecified atom stereocenters. The molecule has 1 atom stereocenters. The van der Waals surface area contributed by atoms with Crippen molar-refractivity contribution in [1.29, 1.82) is 0 Å². The Morgan fingerprint density at radius 1 is 1.44 bits per heavy atom. The Bertz CT molecular complexity index is 428. The second kappa shape index (κ2) is 4.10. The molecule has 2 nitrogen and oxygen atoms in total. The molecule has 0 saturated carbocycles. The van der Waals surface area contributed by atoms with Gasteiger partial charge in [-0.1, -0.05) is 31.4 Å². The van der Waals surface area contributed by atoms with Crippen molar-refractivity contribution in [3.63, 3.8) is 0 Å². The predicted molar refractivity (Wildman–Crippen MR) is 63.9 cm³/mol. The molecule has 0 radical (unpaired) electrons. The summed E-state index contributed by atoms with van der Waals surface area (Å²) in [5.74, 6) is 0.282. The molecule has 86 valence electrons. The van der Waals surface area contributed by atoms with E-state index in [9.17, 15) is 4.79 Å². The lowest BCUT2D eigenvalue weighted by Crippen LogP contribution is -2.27. The molecule has 0 saturated heterocycles. The number of hydrogen-bond acceptors (Lipinski definition) is 2. The van der Waals surface area contributed by atoms with Gasteiger partial charge >= 0.3 is 5.97 Å². The molecule has 2 rings (SSSR count). The first-order valence-corrected chi connectivity index (χ1v) is 5.98. The van der Waals surface area contributed by atoms with Crippen LogP contribution in [-0.2, 0) is 9.67 Å². The van der Waals surface area contributed by atoms with E-state index in [0.717, 1.165) is 24.0 Å². The fourth-order valence-corrected chi connectivity index (χ4v) is 2.31. The minimum Gasteiger partial charge on any atom is -0.425 e. The number of carbonyl (C=O) groups is 1. The average molecular weight is 239 g/mol. The van der Waals surface area contributed by atoms with Crippen LogP contribution in [0.1, 0.15) is 37.3 Å². The van der Waals surface area contributed by atoms with Gasteiger partial charge < -0.3 is 4.74 Å². The fraction of sp³-hybridized carbons (Fsp3) is 0.462. The lowest BCUT2D eigenvalue weighted by Gasteiger charge is -2.17. The third kappa shape index (κ3) is 1.71. The van der Waals surface area contributed by atoms with Crippen LogP contribution in [0.3, 0.4) is 0 Å². The Kier molecular flexibility index (Phi) is 2.94. The zero-order chi connectivity index (χ0) is 11.8. The predicted octanol–water partition coefficient (Wildman–Crippen LogP) is 3.54. The lowest BCUT2D eigenvalue weighted by molar-refractivity contribution is -0.135. The number of carbonyl (C=O) groups excluding carboxylic acids is 1. The Balaban J connectivity index is 2.41. The SMILES string of the molecule is CCCCC1(Cl)C(=O)Oc2ccc(C)cc21. The van der Waals surface area contributed by atoms with Gasteiger partial charge in [-0.25, -0.2) is 4.79 Å². The number of rotatable bonds is 3. The van der Waals surface area contributed by atoms with Gasteiger partial charge in [-0.2, -0.15) is 0 Å². The highest BCUT2D eigenvalue weighted by molar-refractivity contribution is 6.35. The minimum atomic E-state index is -0.961. The molecule has 1 heterocycles. The minimum absolute atomic E-state index is 0.330. The third-order valence-corrected chi connectivity index (χ3v) is 3.51. The summed E-state index contributed by atoms with van der Waals surface area (Å²) in [6, 6.07) is 5.69. The van der Waals surface area contributed by atoms with Crippen molar-refractivity contribution in [2.45, 2.75) is 38.0 Å². The van der Waals surface area contributed by atoms with Gasteiger partial charge in [0.25, 0.3) is 0 Å². The molecule has 0 aliphatic carbocycles. The molecule has 0 amide bonds. The van der Waals surface area contributed by atoms with Gasteiger partial charge in [-0.3, -0.25) is 0 Å². The first kappa shape index (κ1) is 11.5. The number of halogens is 1. The van der Waals surface area contributed by atoms with Gasteiger partial charge in [-0.05, 0) is 25.5 Å². The third-order valence-electron chi connectivity index (χ3n) is 2.96. The van der Waals surface area contributed by atoms with Gasteiger partial charge in [0.1, 0.15) is 5.75 Å². The quantitative estimate of drug-likeness (QED) is 0.457. The lowest BCUT2D eigenvalue weighted by atomic mass is 9.93. The number of benzene rings is 1. The average Bonchev–Trinajstić information content (AvgIpc) is 2.50. The molecule has 1 aliphatic heterocycles. The second-order valence-electron chi connectivity index (χ2n) is 4.29. The molecule has 0 fully saturated rings. The molecule has 0 bridgehead atoms. The van der Waals surface area contributed by atoms with Gasteiger partial charge in [0.15, 0.2) is 4.87 Å². The van der Waals surface area contributed by atoms with Crippen LogP contribution in [0.5, 0.6) is 5.75 Å². The Morgan fingerprint density at radius 3 is 2.88 bits per heavy atom. The van der Waals surface area contributed by atoms with Crippen LogP contribution in [0.15, 0.2) is 18.2 Å². The zero-order valence-corrected chi connectivity index (χ0v) is 10.3. The van der Waals surface area contributed by atoms with E-state index in [1.165, 1.54) is 0 Å². The molecular weight excluding hydrogens is 224 g/mol. The topological polar surface area (TPSA) is 26.3 Å². The molecule has 0 aromatic heterocycles. The van der Waals surface area contributed by atoms with Gasteiger partial charge in [0, 0.05) is 5.56 Å². The summed E-state index contributed by atoms with van der Waals surface area (Å²) in [4.78, 5) is 10.9. The summed E-state index contributed by atoms with van der Waals surface area (Å²) >= 11 is 6.43. The summed E-state index contributed by atoms with van der Waals surface area (Å²) in [6.45, 7) is 4.07. The van der Waals surface area contributed by atoms with Gasteiger partial charge in [0.05, 0.1) is 0 Å². The van der Waals surface area contributed by atoms with E-state index < -0.39 is 4.87 Å². The highest BCUT2D eigenvalue weighted by Crippen LogP contribution is 2.46. The Hall–Kier alpha value is -1.02.